The molecule has 1 unspecified atom stereocenters. The number of furan rings is 1. The second kappa shape index (κ2) is 5.95. The summed E-state index contributed by atoms with van der Waals surface area (Å²) in [6.45, 7) is 1.71. The third-order valence-corrected chi connectivity index (χ3v) is 2.22. The van der Waals surface area contributed by atoms with E-state index in [2.05, 4.69) is 5.32 Å². The molecule has 1 amide bonds. The van der Waals surface area contributed by atoms with Crippen LogP contribution in [0.15, 0.2) is 22.8 Å². The van der Waals surface area contributed by atoms with E-state index in [1.165, 1.54) is 0 Å². The molecular weight excluding hydrogens is 210 g/mol. The second-order valence-electron chi connectivity index (χ2n) is 3.45. The maximum Gasteiger partial charge on any atom is 0.326 e. The highest BCUT2D eigenvalue weighted by Gasteiger charge is 2.17. The van der Waals surface area contributed by atoms with E-state index >= 15 is 0 Å². The molecule has 0 fully saturated rings. The topological polar surface area (TPSA) is 79.5 Å². The van der Waals surface area contributed by atoms with Gasteiger partial charge in [0.1, 0.15) is 11.8 Å². The summed E-state index contributed by atoms with van der Waals surface area (Å²) in [5.41, 5.74) is 0. The summed E-state index contributed by atoms with van der Waals surface area (Å²) in [6, 6.07) is 2.73. The molecule has 0 saturated carbocycles. The number of carbonyl (C=O) groups is 2. The van der Waals surface area contributed by atoms with E-state index < -0.39 is 12.0 Å². The lowest BCUT2D eigenvalue weighted by Crippen LogP contribution is -2.40. The van der Waals surface area contributed by atoms with Gasteiger partial charge in [0.05, 0.1) is 6.26 Å². The van der Waals surface area contributed by atoms with Crippen molar-refractivity contribution in [3.05, 3.63) is 24.2 Å². The second-order valence-corrected chi connectivity index (χ2v) is 3.45. The number of carboxylic acids is 1. The first-order chi connectivity index (χ1) is 7.63. The van der Waals surface area contributed by atoms with Crippen molar-refractivity contribution in [2.75, 3.05) is 0 Å². The highest BCUT2D eigenvalue weighted by molar-refractivity contribution is 5.83. The van der Waals surface area contributed by atoms with E-state index in [0.29, 0.717) is 12.8 Å². The van der Waals surface area contributed by atoms with Crippen LogP contribution in [0.4, 0.5) is 0 Å². The number of amides is 1. The molecule has 0 saturated heterocycles. The standard InChI is InChI=1S/C11H15NO4/c1-2-9(11(14)15)12-10(13)6-5-8-4-3-7-16-8/h3-4,7,9H,2,5-6H2,1H3,(H,12,13)(H,14,15). The van der Waals surface area contributed by atoms with Crippen LogP contribution in [0.5, 0.6) is 0 Å². The van der Waals surface area contributed by atoms with E-state index in [1.807, 2.05) is 0 Å². The van der Waals surface area contributed by atoms with Gasteiger partial charge in [-0.05, 0) is 18.6 Å². The van der Waals surface area contributed by atoms with Gasteiger partial charge in [0, 0.05) is 12.8 Å². The molecule has 0 bridgehead atoms. The zero-order valence-electron chi connectivity index (χ0n) is 9.10. The summed E-state index contributed by atoms with van der Waals surface area (Å²) in [5, 5.41) is 11.2. The van der Waals surface area contributed by atoms with Gasteiger partial charge in [-0.3, -0.25) is 4.79 Å². The lowest BCUT2D eigenvalue weighted by molar-refractivity contribution is -0.141. The van der Waals surface area contributed by atoms with Crippen LogP contribution in [0.1, 0.15) is 25.5 Å². The van der Waals surface area contributed by atoms with E-state index in [0.717, 1.165) is 5.76 Å². The lowest BCUT2D eigenvalue weighted by Gasteiger charge is -2.11. The number of carboxylic acid groups (broad SMARTS) is 1. The summed E-state index contributed by atoms with van der Waals surface area (Å²) < 4.78 is 5.07. The van der Waals surface area contributed by atoms with Crippen molar-refractivity contribution < 1.29 is 19.1 Å². The molecule has 5 nitrogen and oxygen atoms in total. The summed E-state index contributed by atoms with van der Waals surface area (Å²) in [6.07, 6.45) is 2.63. The molecule has 88 valence electrons. The van der Waals surface area contributed by atoms with E-state index in [-0.39, 0.29) is 12.3 Å². The summed E-state index contributed by atoms with van der Waals surface area (Å²) in [4.78, 5) is 22.1. The monoisotopic (exact) mass is 225 g/mol. The highest BCUT2D eigenvalue weighted by Crippen LogP contribution is 2.03. The third-order valence-electron chi connectivity index (χ3n) is 2.22. The number of hydrogen-bond donors (Lipinski definition) is 2. The van der Waals surface area contributed by atoms with Crippen molar-refractivity contribution in [3.8, 4) is 0 Å². The molecule has 1 aromatic heterocycles. The normalized spacial score (nSPS) is 12.1. The molecule has 1 aromatic rings. The predicted octanol–water partition coefficient (Wildman–Crippen LogP) is 1.19. The maximum absolute atomic E-state index is 11.4. The molecule has 16 heavy (non-hydrogen) atoms. The molecule has 0 aromatic carbocycles. The molecule has 0 aliphatic heterocycles. The molecule has 1 heterocycles. The Labute approximate surface area is 93.4 Å². The first kappa shape index (κ1) is 12.3. The van der Waals surface area contributed by atoms with Gasteiger partial charge in [0.2, 0.25) is 5.91 Å². The highest BCUT2D eigenvalue weighted by atomic mass is 16.4. The molecule has 0 aliphatic rings. The molecule has 0 aliphatic carbocycles. The maximum atomic E-state index is 11.4. The summed E-state index contributed by atoms with van der Waals surface area (Å²) in [7, 11) is 0. The van der Waals surface area contributed by atoms with Gasteiger partial charge in [0.25, 0.3) is 0 Å². The van der Waals surface area contributed by atoms with Crippen LogP contribution in [0.25, 0.3) is 0 Å². The van der Waals surface area contributed by atoms with Crippen molar-refractivity contribution in [1.82, 2.24) is 5.32 Å². The molecule has 0 radical (unpaired) electrons. The Bertz CT molecular complexity index is 345. The van der Waals surface area contributed by atoms with Crippen molar-refractivity contribution in [1.29, 1.82) is 0 Å². The minimum Gasteiger partial charge on any atom is -0.480 e. The van der Waals surface area contributed by atoms with Crippen LogP contribution in [0.3, 0.4) is 0 Å². The minimum atomic E-state index is -1.01. The van der Waals surface area contributed by atoms with E-state index in [9.17, 15) is 9.59 Å². The fourth-order valence-electron chi connectivity index (χ4n) is 1.30. The van der Waals surface area contributed by atoms with Gasteiger partial charge < -0.3 is 14.8 Å². The Morgan fingerprint density at radius 1 is 1.56 bits per heavy atom. The number of carbonyl (C=O) groups excluding carboxylic acids is 1. The molecule has 1 rings (SSSR count). The fourth-order valence-corrected chi connectivity index (χ4v) is 1.30. The Hall–Kier alpha value is -1.78. The predicted molar refractivity (Wildman–Crippen MR) is 56.9 cm³/mol. The van der Waals surface area contributed by atoms with Crippen molar-refractivity contribution in [2.45, 2.75) is 32.2 Å². The molecule has 1 atom stereocenters. The number of hydrogen-bond acceptors (Lipinski definition) is 3. The Morgan fingerprint density at radius 2 is 2.31 bits per heavy atom. The van der Waals surface area contributed by atoms with Gasteiger partial charge in [-0.1, -0.05) is 6.92 Å². The number of nitrogens with one attached hydrogen (secondary N) is 1. The van der Waals surface area contributed by atoms with Gasteiger partial charge in [-0.15, -0.1) is 0 Å². The van der Waals surface area contributed by atoms with Crippen LogP contribution in [-0.4, -0.2) is 23.0 Å². The summed E-state index contributed by atoms with van der Waals surface area (Å²) >= 11 is 0. The van der Waals surface area contributed by atoms with Crippen molar-refractivity contribution >= 4 is 11.9 Å². The van der Waals surface area contributed by atoms with Crippen molar-refractivity contribution in [2.24, 2.45) is 0 Å². The van der Waals surface area contributed by atoms with Gasteiger partial charge in [-0.25, -0.2) is 4.79 Å². The zero-order chi connectivity index (χ0) is 12.0. The molecular formula is C11H15NO4. The average molecular weight is 225 g/mol. The quantitative estimate of drug-likeness (QED) is 0.762. The number of aryl methyl sites for hydroxylation is 1. The number of rotatable bonds is 6. The molecule has 0 spiro atoms. The molecule has 5 heteroatoms. The van der Waals surface area contributed by atoms with Gasteiger partial charge >= 0.3 is 5.97 Å². The van der Waals surface area contributed by atoms with Crippen molar-refractivity contribution in [3.63, 3.8) is 0 Å². The first-order valence-electron chi connectivity index (χ1n) is 5.18. The molecule has 2 N–H and O–H groups in total. The van der Waals surface area contributed by atoms with E-state index in [1.54, 1.807) is 25.3 Å². The Balaban J connectivity index is 2.33. The van der Waals surface area contributed by atoms with Crippen LogP contribution in [0, 0.1) is 0 Å². The first-order valence-corrected chi connectivity index (χ1v) is 5.18. The Kier molecular flexibility index (Phi) is 4.57. The fraction of sp³-hybridized carbons (Fsp3) is 0.455. The average Bonchev–Trinajstić information content (AvgIpc) is 2.75. The van der Waals surface area contributed by atoms with Gasteiger partial charge in [0.15, 0.2) is 0 Å². The van der Waals surface area contributed by atoms with Crippen LogP contribution in [0.2, 0.25) is 0 Å². The number of aliphatic carboxylic acids is 1. The minimum absolute atomic E-state index is 0.233. The van der Waals surface area contributed by atoms with Crippen LogP contribution < -0.4 is 5.32 Å². The largest absolute Gasteiger partial charge is 0.480 e. The SMILES string of the molecule is CCC(NC(=O)CCc1ccco1)C(=O)O. The third kappa shape index (κ3) is 3.76. The van der Waals surface area contributed by atoms with E-state index in [4.69, 9.17) is 9.52 Å². The lowest BCUT2D eigenvalue weighted by atomic mass is 10.2. The van der Waals surface area contributed by atoms with Gasteiger partial charge in [-0.2, -0.15) is 0 Å². The van der Waals surface area contributed by atoms with Crippen LogP contribution >= 0.6 is 0 Å². The van der Waals surface area contributed by atoms with Crippen LogP contribution in [-0.2, 0) is 16.0 Å². The summed E-state index contributed by atoms with van der Waals surface area (Å²) in [5.74, 6) is -0.557. The zero-order valence-corrected chi connectivity index (χ0v) is 9.10. The smallest absolute Gasteiger partial charge is 0.326 e. The Morgan fingerprint density at radius 3 is 2.81 bits per heavy atom.